The van der Waals surface area contributed by atoms with Crippen molar-refractivity contribution in [2.75, 3.05) is 0 Å². The van der Waals surface area contributed by atoms with Crippen LogP contribution < -0.4 is 0 Å². The van der Waals surface area contributed by atoms with Gasteiger partial charge in [-0.15, -0.1) is 22.7 Å². The van der Waals surface area contributed by atoms with Gasteiger partial charge in [0.1, 0.15) is 10.0 Å². The zero-order valence-corrected chi connectivity index (χ0v) is 21.9. The molecule has 4 heteroatoms. The summed E-state index contributed by atoms with van der Waals surface area (Å²) in [5.41, 5.74) is 6.81. The summed E-state index contributed by atoms with van der Waals surface area (Å²) in [7, 11) is 0. The van der Waals surface area contributed by atoms with Gasteiger partial charge in [-0.05, 0) is 75.1 Å². The molecule has 178 valence electrons. The van der Waals surface area contributed by atoms with Gasteiger partial charge in [0.2, 0.25) is 0 Å². The first kappa shape index (κ1) is 21.7. The van der Waals surface area contributed by atoms with E-state index in [-0.39, 0.29) is 0 Å². The maximum Gasteiger partial charge on any atom is 0.124 e. The molecular formula is C34H20N2S2. The highest BCUT2D eigenvalue weighted by atomic mass is 32.1. The monoisotopic (exact) mass is 520 g/mol. The van der Waals surface area contributed by atoms with Gasteiger partial charge < -0.3 is 0 Å². The highest BCUT2D eigenvalue weighted by Crippen LogP contribution is 2.37. The van der Waals surface area contributed by atoms with Crippen molar-refractivity contribution in [2.45, 2.75) is 0 Å². The maximum atomic E-state index is 4.98. The van der Waals surface area contributed by atoms with E-state index in [9.17, 15) is 0 Å². The highest BCUT2D eigenvalue weighted by Gasteiger charge is 2.12. The Bertz CT molecular complexity index is 2070. The molecule has 0 amide bonds. The number of thiazole rings is 2. The molecule has 8 aromatic rings. The molecular weight excluding hydrogens is 501 g/mol. The summed E-state index contributed by atoms with van der Waals surface area (Å²) in [4.78, 5) is 9.91. The minimum atomic E-state index is 1.03. The van der Waals surface area contributed by atoms with Crippen LogP contribution in [0.4, 0.5) is 0 Å². The Labute approximate surface area is 227 Å². The normalized spacial score (nSPS) is 11.7. The van der Waals surface area contributed by atoms with E-state index in [1.165, 1.54) is 42.1 Å². The number of hydrogen-bond donors (Lipinski definition) is 0. The maximum absolute atomic E-state index is 4.98. The largest absolute Gasteiger partial charge is 0.236 e. The lowest BCUT2D eigenvalue weighted by atomic mass is 10.0. The van der Waals surface area contributed by atoms with Gasteiger partial charge in [0.15, 0.2) is 0 Å². The molecule has 0 saturated heterocycles. The van der Waals surface area contributed by atoms with Crippen molar-refractivity contribution < 1.29 is 0 Å². The summed E-state index contributed by atoms with van der Waals surface area (Å²) < 4.78 is 2.38. The Morgan fingerprint density at radius 1 is 0.368 bits per heavy atom. The third kappa shape index (κ3) is 3.69. The van der Waals surface area contributed by atoms with E-state index in [1.54, 1.807) is 22.7 Å². The van der Waals surface area contributed by atoms with Gasteiger partial charge in [-0.2, -0.15) is 0 Å². The standard InChI is InChI=1S/C34H20N2S2/c1-3-7-23-17-25(11-9-21(23)5-1)26-13-15-29-31(19-26)37-34(36-29)28-14-16-30-32(20-28)38-33(35-30)27-12-10-22-6-2-4-8-24(22)18-27/h1-20H. The van der Waals surface area contributed by atoms with E-state index in [1.807, 2.05) is 0 Å². The lowest BCUT2D eigenvalue weighted by Crippen LogP contribution is -1.79. The second kappa shape index (κ2) is 8.59. The van der Waals surface area contributed by atoms with E-state index >= 15 is 0 Å². The van der Waals surface area contributed by atoms with Crippen LogP contribution in [0.25, 0.3) is 74.2 Å². The number of nitrogens with zero attached hydrogens (tertiary/aromatic N) is 2. The molecule has 0 N–H and O–H groups in total. The summed E-state index contributed by atoms with van der Waals surface area (Å²) in [5, 5.41) is 7.10. The van der Waals surface area contributed by atoms with E-state index in [0.717, 1.165) is 32.2 Å². The predicted octanol–water partition coefficient (Wildman–Crippen LogP) is 10.2. The van der Waals surface area contributed by atoms with Crippen LogP contribution in [0.3, 0.4) is 0 Å². The second-order valence-corrected chi connectivity index (χ2v) is 11.6. The molecule has 6 aromatic carbocycles. The Balaban J connectivity index is 1.15. The summed E-state index contributed by atoms with van der Waals surface area (Å²) in [6.45, 7) is 0. The van der Waals surface area contributed by atoms with E-state index < -0.39 is 0 Å². The smallest absolute Gasteiger partial charge is 0.124 e. The van der Waals surface area contributed by atoms with Crippen LogP contribution in [0.2, 0.25) is 0 Å². The lowest BCUT2D eigenvalue weighted by molar-refractivity contribution is 1.47. The van der Waals surface area contributed by atoms with Crippen LogP contribution in [0.15, 0.2) is 121 Å². The molecule has 0 fully saturated rings. The fourth-order valence-corrected chi connectivity index (χ4v) is 7.10. The van der Waals surface area contributed by atoms with Gasteiger partial charge in [-0.3, -0.25) is 0 Å². The number of fused-ring (bicyclic) bond motifs is 4. The zero-order valence-electron chi connectivity index (χ0n) is 20.3. The van der Waals surface area contributed by atoms with Crippen molar-refractivity contribution in [3.63, 3.8) is 0 Å². The molecule has 0 saturated carbocycles. The fourth-order valence-electron chi connectivity index (χ4n) is 5.10. The number of hydrogen-bond acceptors (Lipinski definition) is 4. The van der Waals surface area contributed by atoms with Crippen LogP contribution >= 0.6 is 22.7 Å². The summed E-state index contributed by atoms with van der Waals surface area (Å²) in [6.07, 6.45) is 0. The third-order valence-corrected chi connectivity index (χ3v) is 9.24. The Kier molecular flexibility index (Phi) is 4.90. The molecule has 8 rings (SSSR count). The summed E-state index contributed by atoms with van der Waals surface area (Å²) in [6, 6.07) is 43.3. The number of aromatic nitrogens is 2. The quantitative estimate of drug-likeness (QED) is 0.232. The SMILES string of the molecule is c1ccc2cc(-c3ccc4nc(-c5ccc6nc(-c7ccc8ccccc8c7)sc6c5)sc4c3)ccc2c1. The van der Waals surface area contributed by atoms with E-state index in [4.69, 9.17) is 9.97 Å². The molecule has 0 atom stereocenters. The van der Waals surface area contributed by atoms with E-state index in [2.05, 4.69) is 121 Å². The first-order chi connectivity index (χ1) is 18.8. The Hall–Kier alpha value is -4.38. The fraction of sp³-hybridized carbons (Fsp3) is 0. The van der Waals surface area contributed by atoms with Crippen molar-refractivity contribution >= 4 is 64.7 Å². The van der Waals surface area contributed by atoms with Gasteiger partial charge in [0, 0.05) is 11.1 Å². The molecule has 0 bridgehead atoms. The molecule has 0 aliphatic rings. The van der Waals surface area contributed by atoms with Crippen molar-refractivity contribution in [3.8, 4) is 32.3 Å². The molecule has 2 aromatic heterocycles. The first-order valence-electron chi connectivity index (χ1n) is 12.6. The lowest BCUT2D eigenvalue weighted by Gasteiger charge is -2.04. The number of benzene rings is 6. The van der Waals surface area contributed by atoms with Crippen LogP contribution in [0.1, 0.15) is 0 Å². The van der Waals surface area contributed by atoms with Crippen molar-refractivity contribution in [1.29, 1.82) is 0 Å². The van der Waals surface area contributed by atoms with Crippen molar-refractivity contribution in [3.05, 3.63) is 121 Å². The third-order valence-electron chi connectivity index (χ3n) is 7.10. The van der Waals surface area contributed by atoms with Crippen LogP contribution in [-0.4, -0.2) is 9.97 Å². The van der Waals surface area contributed by atoms with Crippen LogP contribution in [-0.2, 0) is 0 Å². The molecule has 0 aliphatic heterocycles. The topological polar surface area (TPSA) is 25.8 Å². The minimum absolute atomic E-state index is 1.03. The molecule has 0 aliphatic carbocycles. The Morgan fingerprint density at radius 2 is 0.789 bits per heavy atom. The highest BCUT2D eigenvalue weighted by molar-refractivity contribution is 7.22. The van der Waals surface area contributed by atoms with E-state index in [0.29, 0.717) is 0 Å². The van der Waals surface area contributed by atoms with Crippen LogP contribution in [0.5, 0.6) is 0 Å². The molecule has 0 radical (unpaired) electrons. The molecule has 0 unspecified atom stereocenters. The summed E-state index contributed by atoms with van der Waals surface area (Å²) in [5.74, 6) is 0. The van der Waals surface area contributed by atoms with Gasteiger partial charge >= 0.3 is 0 Å². The average molecular weight is 521 g/mol. The number of rotatable bonds is 3. The van der Waals surface area contributed by atoms with Gasteiger partial charge in [0.05, 0.1) is 20.4 Å². The Morgan fingerprint density at radius 3 is 1.42 bits per heavy atom. The predicted molar refractivity (Wildman–Crippen MR) is 164 cm³/mol. The molecule has 2 heterocycles. The van der Waals surface area contributed by atoms with Gasteiger partial charge in [-0.1, -0.05) is 78.9 Å². The van der Waals surface area contributed by atoms with Crippen LogP contribution in [0, 0.1) is 0 Å². The van der Waals surface area contributed by atoms with Gasteiger partial charge in [0.25, 0.3) is 0 Å². The first-order valence-corrected chi connectivity index (χ1v) is 14.2. The molecule has 0 spiro atoms. The van der Waals surface area contributed by atoms with Crippen molar-refractivity contribution in [2.24, 2.45) is 0 Å². The molecule has 2 nitrogen and oxygen atoms in total. The second-order valence-electron chi connectivity index (χ2n) is 9.53. The van der Waals surface area contributed by atoms with Crippen molar-refractivity contribution in [1.82, 2.24) is 9.97 Å². The summed E-state index contributed by atoms with van der Waals surface area (Å²) >= 11 is 3.49. The average Bonchev–Trinajstić information content (AvgIpc) is 3.60. The zero-order chi connectivity index (χ0) is 25.1. The van der Waals surface area contributed by atoms with Gasteiger partial charge in [-0.25, -0.2) is 9.97 Å². The molecule has 38 heavy (non-hydrogen) atoms. The minimum Gasteiger partial charge on any atom is -0.236 e.